The van der Waals surface area contributed by atoms with Crippen LogP contribution in [-0.4, -0.2) is 27.9 Å². The van der Waals surface area contributed by atoms with Gasteiger partial charge in [-0.3, -0.25) is 4.79 Å². The van der Waals surface area contributed by atoms with E-state index in [0.717, 1.165) is 6.42 Å². The fourth-order valence-electron chi connectivity index (χ4n) is 2.24. The van der Waals surface area contributed by atoms with Gasteiger partial charge in [0.25, 0.3) is 5.91 Å². The zero-order valence-corrected chi connectivity index (χ0v) is 13.5. The second kappa shape index (κ2) is 7.12. The number of amides is 1. The molecule has 0 atom stereocenters. The first-order valence-electron chi connectivity index (χ1n) is 7.79. The van der Waals surface area contributed by atoms with E-state index >= 15 is 0 Å². The van der Waals surface area contributed by atoms with E-state index in [0.29, 0.717) is 23.5 Å². The molecule has 3 aromatic rings. The number of aromatic nitrogens is 2. The Morgan fingerprint density at radius 3 is 2.64 bits per heavy atom. The molecule has 1 amide bonds. The summed E-state index contributed by atoms with van der Waals surface area (Å²) in [5, 5.41) is 2.68. The summed E-state index contributed by atoms with van der Waals surface area (Å²) in [6.45, 7) is 2.28. The molecule has 0 unspecified atom stereocenters. The van der Waals surface area contributed by atoms with Gasteiger partial charge in [0.2, 0.25) is 0 Å². The molecule has 0 aliphatic carbocycles. The normalized spacial score (nSPS) is 10.6. The molecule has 0 spiro atoms. The summed E-state index contributed by atoms with van der Waals surface area (Å²) >= 11 is 0. The van der Waals surface area contributed by atoms with Crippen molar-refractivity contribution < 1.29 is 18.7 Å². The van der Waals surface area contributed by atoms with Gasteiger partial charge in [0.15, 0.2) is 0 Å². The number of benzene rings is 1. The SMILES string of the molecule is CCCOC(=O)c1ccc(NC(=O)c2cn3cc(F)ccc3n2)cc1. The summed E-state index contributed by atoms with van der Waals surface area (Å²) in [6.07, 6.45) is 3.45. The average molecular weight is 341 g/mol. The van der Waals surface area contributed by atoms with Gasteiger partial charge in [-0.1, -0.05) is 6.92 Å². The molecular weight excluding hydrogens is 325 g/mol. The Labute approximate surface area is 143 Å². The van der Waals surface area contributed by atoms with Crippen molar-refractivity contribution in [3.05, 3.63) is 65.9 Å². The highest BCUT2D eigenvalue weighted by molar-refractivity contribution is 6.03. The van der Waals surface area contributed by atoms with Crippen molar-refractivity contribution in [2.75, 3.05) is 11.9 Å². The number of pyridine rings is 1. The molecule has 0 radical (unpaired) electrons. The summed E-state index contributed by atoms with van der Waals surface area (Å²) in [6, 6.07) is 9.13. The highest BCUT2D eigenvalue weighted by Gasteiger charge is 2.12. The maximum absolute atomic E-state index is 13.2. The van der Waals surface area contributed by atoms with Crippen molar-refractivity contribution >= 4 is 23.2 Å². The number of imidazole rings is 1. The van der Waals surface area contributed by atoms with E-state index in [1.165, 1.54) is 28.9 Å². The maximum atomic E-state index is 13.2. The first kappa shape index (κ1) is 16.6. The summed E-state index contributed by atoms with van der Waals surface area (Å²) < 4.78 is 19.7. The maximum Gasteiger partial charge on any atom is 0.338 e. The van der Waals surface area contributed by atoms with Gasteiger partial charge in [-0.25, -0.2) is 14.2 Å². The lowest BCUT2D eigenvalue weighted by Crippen LogP contribution is -2.12. The predicted octanol–water partition coefficient (Wildman–Crippen LogP) is 3.29. The first-order chi connectivity index (χ1) is 12.1. The van der Waals surface area contributed by atoms with Crippen LogP contribution in [0.4, 0.5) is 10.1 Å². The number of nitrogens with one attached hydrogen (secondary N) is 1. The van der Waals surface area contributed by atoms with Gasteiger partial charge >= 0.3 is 5.97 Å². The summed E-state index contributed by atoms with van der Waals surface area (Å²) in [4.78, 5) is 28.1. The number of esters is 1. The molecule has 25 heavy (non-hydrogen) atoms. The molecule has 2 heterocycles. The van der Waals surface area contributed by atoms with Crippen LogP contribution in [0.5, 0.6) is 0 Å². The van der Waals surface area contributed by atoms with Crippen molar-refractivity contribution in [2.45, 2.75) is 13.3 Å². The number of carbonyl (C=O) groups excluding carboxylic acids is 2. The highest BCUT2D eigenvalue weighted by atomic mass is 19.1. The molecule has 2 aromatic heterocycles. The molecule has 6 nitrogen and oxygen atoms in total. The number of hydrogen-bond donors (Lipinski definition) is 1. The minimum atomic E-state index is -0.426. The second-order valence-corrected chi connectivity index (χ2v) is 5.41. The zero-order chi connectivity index (χ0) is 17.8. The van der Waals surface area contributed by atoms with Gasteiger partial charge in [-0.15, -0.1) is 0 Å². The smallest absolute Gasteiger partial charge is 0.338 e. The Morgan fingerprint density at radius 2 is 1.92 bits per heavy atom. The number of halogens is 1. The van der Waals surface area contributed by atoms with Crippen LogP contribution in [-0.2, 0) is 4.74 Å². The minimum absolute atomic E-state index is 0.164. The Morgan fingerprint density at radius 1 is 1.16 bits per heavy atom. The third-order valence-electron chi connectivity index (χ3n) is 3.46. The fourth-order valence-corrected chi connectivity index (χ4v) is 2.24. The lowest BCUT2D eigenvalue weighted by atomic mass is 10.2. The quantitative estimate of drug-likeness (QED) is 0.723. The monoisotopic (exact) mass is 341 g/mol. The van der Waals surface area contributed by atoms with E-state index in [2.05, 4.69) is 10.3 Å². The van der Waals surface area contributed by atoms with E-state index in [-0.39, 0.29) is 5.69 Å². The summed E-state index contributed by atoms with van der Waals surface area (Å²) in [5.74, 6) is -1.24. The summed E-state index contributed by atoms with van der Waals surface area (Å²) in [7, 11) is 0. The number of nitrogens with zero attached hydrogens (tertiary/aromatic N) is 2. The van der Waals surface area contributed by atoms with Gasteiger partial charge in [-0.2, -0.15) is 0 Å². The highest BCUT2D eigenvalue weighted by Crippen LogP contribution is 2.13. The molecule has 7 heteroatoms. The second-order valence-electron chi connectivity index (χ2n) is 5.41. The minimum Gasteiger partial charge on any atom is -0.462 e. The van der Waals surface area contributed by atoms with Crippen molar-refractivity contribution in [1.29, 1.82) is 0 Å². The van der Waals surface area contributed by atoms with Crippen LogP contribution in [0.3, 0.4) is 0 Å². The number of fused-ring (bicyclic) bond motifs is 1. The third-order valence-corrected chi connectivity index (χ3v) is 3.46. The molecule has 1 aromatic carbocycles. The topological polar surface area (TPSA) is 72.7 Å². The average Bonchev–Trinajstić information content (AvgIpc) is 3.03. The van der Waals surface area contributed by atoms with Gasteiger partial charge < -0.3 is 14.5 Å². The zero-order valence-electron chi connectivity index (χ0n) is 13.5. The van der Waals surface area contributed by atoms with E-state index in [9.17, 15) is 14.0 Å². The van der Waals surface area contributed by atoms with Crippen LogP contribution in [0.15, 0.2) is 48.8 Å². The summed E-state index contributed by atoms with van der Waals surface area (Å²) in [5.41, 5.74) is 1.56. The van der Waals surface area contributed by atoms with E-state index in [1.807, 2.05) is 6.92 Å². The van der Waals surface area contributed by atoms with E-state index in [4.69, 9.17) is 4.74 Å². The van der Waals surface area contributed by atoms with Crippen LogP contribution < -0.4 is 5.32 Å². The molecule has 3 rings (SSSR count). The molecule has 0 aliphatic heterocycles. The van der Waals surface area contributed by atoms with Crippen LogP contribution in [0, 0.1) is 5.82 Å². The number of carbonyl (C=O) groups is 2. The van der Waals surface area contributed by atoms with Crippen molar-refractivity contribution in [1.82, 2.24) is 9.38 Å². The predicted molar refractivity (Wildman–Crippen MR) is 90.1 cm³/mol. The van der Waals surface area contributed by atoms with Gasteiger partial charge in [0.1, 0.15) is 17.2 Å². The largest absolute Gasteiger partial charge is 0.462 e. The Balaban J connectivity index is 1.70. The third kappa shape index (κ3) is 3.82. The number of rotatable bonds is 5. The molecule has 0 saturated heterocycles. The molecule has 0 fully saturated rings. The number of ether oxygens (including phenoxy) is 1. The molecule has 128 valence electrons. The van der Waals surface area contributed by atoms with Crippen LogP contribution in [0.25, 0.3) is 5.65 Å². The van der Waals surface area contributed by atoms with Crippen molar-refractivity contribution in [3.8, 4) is 0 Å². The van der Waals surface area contributed by atoms with E-state index in [1.54, 1.807) is 24.3 Å². The van der Waals surface area contributed by atoms with Gasteiger partial charge in [0, 0.05) is 18.1 Å². The Hall–Kier alpha value is -3.22. The van der Waals surface area contributed by atoms with Crippen LogP contribution in [0.2, 0.25) is 0 Å². The van der Waals surface area contributed by atoms with Crippen molar-refractivity contribution in [2.24, 2.45) is 0 Å². The lowest BCUT2D eigenvalue weighted by Gasteiger charge is -2.05. The molecule has 1 N–H and O–H groups in total. The molecular formula is C18H16FN3O3. The molecule has 0 saturated carbocycles. The van der Waals surface area contributed by atoms with E-state index < -0.39 is 17.7 Å². The van der Waals surface area contributed by atoms with Crippen molar-refractivity contribution in [3.63, 3.8) is 0 Å². The number of hydrogen-bond acceptors (Lipinski definition) is 4. The Bertz CT molecular complexity index is 919. The van der Waals surface area contributed by atoms with Crippen LogP contribution in [0.1, 0.15) is 34.2 Å². The molecule has 0 aliphatic rings. The Kier molecular flexibility index (Phi) is 4.74. The molecule has 0 bridgehead atoms. The van der Waals surface area contributed by atoms with Gasteiger partial charge in [0.05, 0.1) is 12.2 Å². The first-order valence-corrected chi connectivity index (χ1v) is 7.79. The number of anilines is 1. The van der Waals surface area contributed by atoms with Gasteiger partial charge in [-0.05, 0) is 42.8 Å². The lowest BCUT2D eigenvalue weighted by molar-refractivity contribution is 0.0505. The van der Waals surface area contributed by atoms with Crippen LogP contribution >= 0.6 is 0 Å². The fraction of sp³-hybridized carbons (Fsp3) is 0.167. The standard InChI is InChI=1S/C18H16FN3O3/c1-2-9-25-18(24)12-3-6-14(7-4-12)20-17(23)15-11-22-10-13(19)5-8-16(22)21-15/h3-8,10-11H,2,9H2,1H3,(H,20,23).